The summed E-state index contributed by atoms with van der Waals surface area (Å²) in [6, 6.07) is 9.62. The molecule has 6 nitrogen and oxygen atoms in total. The average molecular weight is 490 g/mol. The van der Waals surface area contributed by atoms with Crippen LogP contribution in [0.4, 0.5) is 0 Å². The van der Waals surface area contributed by atoms with Crippen molar-refractivity contribution in [3.63, 3.8) is 0 Å². The first-order chi connectivity index (χ1) is 17.1. The molecule has 3 aliphatic rings. The van der Waals surface area contributed by atoms with Crippen molar-refractivity contribution < 1.29 is 23.9 Å². The number of nitrogens with one attached hydrogen (secondary N) is 1. The molecule has 0 radical (unpaired) electrons. The second-order valence-corrected chi connectivity index (χ2v) is 10.5. The van der Waals surface area contributed by atoms with Crippen molar-refractivity contribution in [2.24, 2.45) is 29.1 Å². The minimum absolute atomic E-state index is 0.0611. The van der Waals surface area contributed by atoms with Crippen molar-refractivity contribution in [2.75, 3.05) is 0 Å². The number of rotatable bonds is 3. The number of benzene rings is 1. The van der Waals surface area contributed by atoms with Crippen LogP contribution in [0.25, 0.3) is 0 Å². The molecule has 0 saturated carbocycles. The number of hydrogen-bond donors (Lipinski definition) is 1. The van der Waals surface area contributed by atoms with E-state index in [9.17, 15) is 19.2 Å². The SMILES string of the molecule is CC(=O)O[C@@H]1/C=C\[C@H](C)C(=O)[C@@H](C)C/C=C\[C@H]2C(=O)C(C)=C(C)[C@H]3[C@H](Cc4ccccc4)NC(=O)[C@@]123. The van der Waals surface area contributed by atoms with Gasteiger partial charge in [-0.15, -0.1) is 0 Å². The molecule has 1 fully saturated rings. The summed E-state index contributed by atoms with van der Waals surface area (Å²) in [6.07, 6.45) is 7.06. The Kier molecular flexibility index (Phi) is 7.17. The third-order valence-electron chi connectivity index (χ3n) is 8.24. The number of ketones is 2. The third kappa shape index (κ3) is 4.27. The van der Waals surface area contributed by atoms with Crippen LogP contribution in [0.15, 0.2) is 65.8 Å². The highest BCUT2D eigenvalue weighted by molar-refractivity contribution is 6.06. The van der Waals surface area contributed by atoms with Crippen LogP contribution in [-0.2, 0) is 30.3 Å². The predicted octanol–water partition coefficient (Wildman–Crippen LogP) is 4.15. The zero-order valence-electron chi connectivity index (χ0n) is 21.6. The van der Waals surface area contributed by atoms with Gasteiger partial charge in [0.05, 0.1) is 5.92 Å². The third-order valence-corrected chi connectivity index (χ3v) is 8.24. The largest absolute Gasteiger partial charge is 0.457 e. The molecule has 7 atom stereocenters. The highest BCUT2D eigenvalue weighted by Gasteiger charge is 2.67. The van der Waals surface area contributed by atoms with Crippen LogP contribution in [0.5, 0.6) is 0 Å². The van der Waals surface area contributed by atoms with Gasteiger partial charge in [0.15, 0.2) is 5.78 Å². The Labute approximate surface area is 212 Å². The molecule has 1 spiro atoms. The molecule has 0 aromatic heterocycles. The second kappa shape index (κ2) is 10.00. The number of hydrogen-bond acceptors (Lipinski definition) is 5. The predicted molar refractivity (Wildman–Crippen MR) is 137 cm³/mol. The maximum absolute atomic E-state index is 14.1. The van der Waals surface area contributed by atoms with Crippen molar-refractivity contribution in [2.45, 2.75) is 59.6 Å². The topological polar surface area (TPSA) is 89.5 Å². The highest BCUT2D eigenvalue weighted by atomic mass is 16.5. The Hall–Kier alpha value is -3.28. The molecule has 1 N–H and O–H groups in total. The Balaban J connectivity index is 1.95. The number of ether oxygens (including phenoxy) is 1. The highest BCUT2D eigenvalue weighted by Crippen LogP contribution is 2.56. The van der Waals surface area contributed by atoms with Gasteiger partial charge in [-0.2, -0.15) is 0 Å². The summed E-state index contributed by atoms with van der Waals surface area (Å²) in [6.45, 7) is 8.70. The maximum Gasteiger partial charge on any atom is 0.303 e. The van der Waals surface area contributed by atoms with E-state index in [2.05, 4.69) is 5.32 Å². The van der Waals surface area contributed by atoms with Crippen LogP contribution in [0.2, 0.25) is 0 Å². The lowest BCUT2D eigenvalue weighted by Crippen LogP contribution is -2.56. The molecule has 4 rings (SSSR count). The number of amides is 1. The van der Waals surface area contributed by atoms with E-state index in [-0.39, 0.29) is 35.4 Å². The molecule has 0 bridgehead atoms. The molecule has 190 valence electrons. The zero-order valence-corrected chi connectivity index (χ0v) is 21.6. The van der Waals surface area contributed by atoms with Crippen molar-refractivity contribution in [1.29, 1.82) is 0 Å². The number of carbonyl (C=O) groups is 4. The molecule has 1 amide bonds. The first-order valence-electron chi connectivity index (χ1n) is 12.7. The summed E-state index contributed by atoms with van der Waals surface area (Å²) < 4.78 is 5.84. The van der Waals surface area contributed by atoms with Gasteiger partial charge in [0.25, 0.3) is 0 Å². The fourth-order valence-electron chi connectivity index (χ4n) is 6.31. The van der Waals surface area contributed by atoms with Crippen molar-refractivity contribution >= 4 is 23.4 Å². The average Bonchev–Trinajstić information content (AvgIpc) is 3.13. The van der Waals surface area contributed by atoms with Crippen molar-refractivity contribution in [1.82, 2.24) is 5.32 Å². The maximum atomic E-state index is 14.1. The smallest absolute Gasteiger partial charge is 0.303 e. The summed E-state index contributed by atoms with van der Waals surface area (Å²) in [5.74, 6) is -2.78. The van der Waals surface area contributed by atoms with Gasteiger partial charge in [0.1, 0.15) is 17.3 Å². The van der Waals surface area contributed by atoms with Gasteiger partial charge >= 0.3 is 5.97 Å². The van der Waals surface area contributed by atoms with E-state index in [1.54, 1.807) is 18.2 Å². The van der Waals surface area contributed by atoms with E-state index in [1.165, 1.54) is 6.92 Å². The molecule has 36 heavy (non-hydrogen) atoms. The molecule has 6 heteroatoms. The number of Topliss-reactive ketones (excluding diaryl/α,β-unsaturated/α-hetero) is 2. The molecule has 1 aliphatic heterocycles. The van der Waals surface area contributed by atoms with Crippen molar-refractivity contribution in [3.8, 4) is 0 Å². The van der Waals surface area contributed by atoms with Crippen LogP contribution in [0.3, 0.4) is 0 Å². The van der Waals surface area contributed by atoms with E-state index >= 15 is 0 Å². The van der Waals surface area contributed by atoms with E-state index < -0.39 is 29.3 Å². The lowest BCUT2D eigenvalue weighted by Gasteiger charge is -2.46. The van der Waals surface area contributed by atoms with Crippen LogP contribution in [-0.4, -0.2) is 35.6 Å². The van der Waals surface area contributed by atoms with E-state index in [4.69, 9.17) is 4.74 Å². The zero-order chi connectivity index (χ0) is 26.2. The summed E-state index contributed by atoms with van der Waals surface area (Å²) >= 11 is 0. The molecular weight excluding hydrogens is 454 g/mol. The number of allylic oxidation sites excluding steroid dienone is 4. The lowest BCUT2D eigenvalue weighted by molar-refractivity contribution is -0.161. The monoisotopic (exact) mass is 489 g/mol. The van der Waals surface area contributed by atoms with Gasteiger partial charge in [-0.3, -0.25) is 19.2 Å². The Morgan fingerprint density at radius 1 is 1.06 bits per heavy atom. The summed E-state index contributed by atoms with van der Waals surface area (Å²) in [5.41, 5.74) is 1.19. The fourth-order valence-corrected chi connectivity index (χ4v) is 6.31. The van der Waals surface area contributed by atoms with Crippen LogP contribution >= 0.6 is 0 Å². The summed E-state index contributed by atoms with van der Waals surface area (Å²) in [5, 5.41) is 3.19. The first-order valence-corrected chi connectivity index (χ1v) is 12.7. The van der Waals surface area contributed by atoms with Crippen LogP contribution in [0, 0.1) is 29.1 Å². The Morgan fingerprint density at radius 3 is 2.42 bits per heavy atom. The fraction of sp³-hybridized carbons (Fsp3) is 0.467. The van der Waals surface area contributed by atoms with E-state index in [1.807, 2.05) is 64.1 Å². The van der Waals surface area contributed by atoms with Gasteiger partial charge in [-0.25, -0.2) is 0 Å². The lowest BCUT2D eigenvalue weighted by atomic mass is 9.54. The van der Waals surface area contributed by atoms with Gasteiger partial charge < -0.3 is 10.1 Å². The standard InChI is InChI=1S/C30H35NO5/c1-17-10-9-13-23-28(34)20(4)19(3)26-24(16-22-11-7-6-8-12-22)31-29(35)30(23,26)25(36-21(5)32)15-14-18(2)27(17)33/h6-9,11-15,17-18,23-26H,10,16H2,1-5H3,(H,31,35)/b13-9-,15-14-/t17-,18-,23-,24-,25+,26-,30+/m0/s1. The molecule has 2 aliphatic carbocycles. The summed E-state index contributed by atoms with van der Waals surface area (Å²) in [4.78, 5) is 53.1. The van der Waals surface area contributed by atoms with E-state index in [0.717, 1.165) is 11.1 Å². The van der Waals surface area contributed by atoms with Gasteiger partial charge in [0, 0.05) is 30.7 Å². The Morgan fingerprint density at radius 2 is 1.75 bits per heavy atom. The molecular formula is C30H35NO5. The summed E-state index contributed by atoms with van der Waals surface area (Å²) in [7, 11) is 0. The van der Waals surface area contributed by atoms with Crippen molar-refractivity contribution in [3.05, 3.63) is 71.3 Å². The van der Waals surface area contributed by atoms with Crippen LogP contribution < -0.4 is 5.32 Å². The molecule has 1 aromatic rings. The Bertz CT molecular complexity index is 1160. The minimum Gasteiger partial charge on any atom is -0.457 e. The second-order valence-electron chi connectivity index (χ2n) is 10.5. The number of esters is 1. The molecule has 0 unspecified atom stereocenters. The first kappa shape index (κ1) is 25.8. The van der Waals surface area contributed by atoms with Gasteiger partial charge in [-0.05, 0) is 43.9 Å². The molecule has 1 aromatic carbocycles. The van der Waals surface area contributed by atoms with Gasteiger partial charge in [-0.1, -0.05) is 68.0 Å². The molecule has 1 saturated heterocycles. The van der Waals surface area contributed by atoms with E-state index in [0.29, 0.717) is 18.4 Å². The molecule has 1 heterocycles. The van der Waals surface area contributed by atoms with Gasteiger partial charge in [0.2, 0.25) is 5.91 Å². The minimum atomic E-state index is -1.35. The normalized spacial score (nSPS) is 36.3. The van der Waals surface area contributed by atoms with Crippen LogP contribution in [0.1, 0.15) is 46.6 Å². The number of carbonyl (C=O) groups excluding carboxylic acids is 4. The quantitative estimate of drug-likeness (QED) is 0.509.